The summed E-state index contributed by atoms with van der Waals surface area (Å²) >= 11 is 0. The first kappa shape index (κ1) is 45.7. The second-order valence-electron chi connectivity index (χ2n) is 18.6. The summed E-state index contributed by atoms with van der Waals surface area (Å²) in [5.74, 6) is 2.73. The summed E-state index contributed by atoms with van der Waals surface area (Å²) in [5.41, 5.74) is 14.5. The molecule has 3 heterocycles. The molecule has 10 rings (SSSR count). The van der Waals surface area contributed by atoms with E-state index in [-0.39, 0.29) is 44.6 Å². The molecule has 7 aromatic carbocycles. The van der Waals surface area contributed by atoms with E-state index in [2.05, 4.69) is 186 Å². The van der Waals surface area contributed by atoms with Crippen molar-refractivity contribution in [2.75, 3.05) is 9.80 Å². The van der Waals surface area contributed by atoms with Gasteiger partial charge >= 0.3 is 0 Å². The van der Waals surface area contributed by atoms with Crippen LogP contribution in [-0.4, -0.2) is 9.55 Å². The largest absolute Gasteiger partial charge is 0.509 e. The molecule has 0 spiro atoms. The molecule has 340 valence electrons. The number of pyridine rings is 1. The predicted molar refractivity (Wildman–Crippen MR) is 271 cm³/mol. The molecule has 0 amide bonds. The van der Waals surface area contributed by atoms with Crippen molar-refractivity contribution in [2.45, 2.75) is 79.1 Å². The zero-order valence-electron chi connectivity index (χ0n) is 39.2. The Labute approximate surface area is 409 Å². The van der Waals surface area contributed by atoms with E-state index in [0.717, 1.165) is 78.2 Å². The summed E-state index contributed by atoms with van der Waals surface area (Å²) in [7, 11) is 0. The van der Waals surface area contributed by atoms with E-state index in [4.69, 9.17) is 9.72 Å². The van der Waals surface area contributed by atoms with E-state index in [9.17, 15) is 0 Å². The van der Waals surface area contributed by atoms with Crippen LogP contribution in [0.3, 0.4) is 0 Å². The molecule has 0 fully saturated rings. The van der Waals surface area contributed by atoms with Crippen LogP contribution in [0.1, 0.15) is 101 Å². The van der Waals surface area contributed by atoms with Crippen LogP contribution in [-0.2, 0) is 21.1 Å². The minimum absolute atomic E-state index is 0. The van der Waals surface area contributed by atoms with Gasteiger partial charge in [-0.05, 0) is 111 Å². The summed E-state index contributed by atoms with van der Waals surface area (Å²) in [5, 5.41) is 2.19. The normalized spacial score (nSPS) is 12.6. The van der Waals surface area contributed by atoms with Crippen molar-refractivity contribution in [3.05, 3.63) is 199 Å². The van der Waals surface area contributed by atoms with Crippen molar-refractivity contribution >= 4 is 44.6 Å². The monoisotopic (exact) mass is 1060 g/mol. The number of rotatable bonds is 11. The average molecular weight is 1060 g/mol. The molecule has 0 bridgehead atoms. The summed E-state index contributed by atoms with van der Waals surface area (Å²) in [6.45, 7) is 20.1. The molecule has 7 heteroatoms. The number of hydrogen-bond acceptors (Lipinski definition) is 4. The topological polar surface area (TPSA) is 33.5 Å². The van der Waals surface area contributed by atoms with Crippen LogP contribution in [0.25, 0.3) is 49.9 Å². The smallest absolute Gasteiger partial charge is 0.135 e. The first-order chi connectivity index (χ1) is 31.9. The maximum absolute atomic E-state index is 15.4. The molecule has 0 aliphatic carbocycles. The Kier molecular flexibility index (Phi) is 12.7. The second-order valence-corrected chi connectivity index (χ2v) is 18.6. The molecule has 0 N–H and O–H groups in total. The molecular formula is C60H54FN4OPt-3. The third-order valence-corrected chi connectivity index (χ3v) is 12.9. The Morgan fingerprint density at radius 1 is 0.552 bits per heavy atom. The molecule has 0 unspecified atom stereocenters. The number of benzene rings is 7. The van der Waals surface area contributed by atoms with Gasteiger partial charge in [-0.15, -0.1) is 53.6 Å². The van der Waals surface area contributed by atoms with Gasteiger partial charge in [-0.3, -0.25) is 0 Å². The van der Waals surface area contributed by atoms with Crippen LogP contribution in [0.2, 0.25) is 0 Å². The predicted octanol–water partition coefficient (Wildman–Crippen LogP) is 16.9. The van der Waals surface area contributed by atoms with Gasteiger partial charge in [0.05, 0.1) is 0 Å². The van der Waals surface area contributed by atoms with Crippen molar-refractivity contribution < 1.29 is 30.2 Å². The van der Waals surface area contributed by atoms with Gasteiger partial charge in [0.25, 0.3) is 0 Å². The molecule has 0 radical (unpaired) electrons. The Morgan fingerprint density at radius 3 is 1.90 bits per heavy atom. The molecule has 0 saturated carbocycles. The SMILES string of the molecule is CC(C)c1ccc(-c2cc(Oc3[c-]c4c(cc3)c3ccccc3n4-c3ccccn3)[c-]c(N3[CH-]N(c4c(C(C)C)cc(-c5ccccc5F)cc4C(C)C)c4ccccc43)c2)c(C(C)C)c1.[Pt]. The summed E-state index contributed by atoms with van der Waals surface area (Å²) in [4.78, 5) is 9.29. The van der Waals surface area contributed by atoms with Gasteiger partial charge in [-0.1, -0.05) is 134 Å². The number of halogens is 1. The molecule has 2 aromatic heterocycles. The molecule has 1 aliphatic heterocycles. The molecular weight excluding hydrogens is 1010 g/mol. The Balaban J connectivity index is 0.00000562. The van der Waals surface area contributed by atoms with Gasteiger partial charge < -0.3 is 19.1 Å². The van der Waals surface area contributed by atoms with Crippen molar-refractivity contribution in [3.8, 4) is 39.6 Å². The average Bonchev–Trinajstić information content (AvgIpc) is 3.87. The van der Waals surface area contributed by atoms with Gasteiger partial charge in [0.2, 0.25) is 0 Å². The van der Waals surface area contributed by atoms with Crippen LogP contribution < -0.4 is 14.5 Å². The summed E-state index contributed by atoms with van der Waals surface area (Å²) < 4.78 is 24.5. The van der Waals surface area contributed by atoms with Gasteiger partial charge in [0.1, 0.15) is 11.6 Å². The fourth-order valence-corrected chi connectivity index (χ4v) is 9.50. The van der Waals surface area contributed by atoms with Crippen LogP contribution >= 0.6 is 0 Å². The van der Waals surface area contributed by atoms with Crippen molar-refractivity contribution in [1.82, 2.24) is 9.55 Å². The zero-order valence-corrected chi connectivity index (χ0v) is 41.5. The maximum atomic E-state index is 15.4. The first-order valence-corrected chi connectivity index (χ1v) is 23.2. The molecule has 1 aliphatic rings. The second kappa shape index (κ2) is 18.7. The summed E-state index contributed by atoms with van der Waals surface area (Å²) in [6.07, 6.45) is 1.82. The Bertz CT molecular complexity index is 3230. The van der Waals surface area contributed by atoms with E-state index >= 15 is 4.39 Å². The first-order valence-electron chi connectivity index (χ1n) is 23.2. The standard InChI is InChI=1S/C60H54FN4O.Pt/c1-37(2)41-24-26-47(51(31-41)38(3)4)42-29-44(34-46(30-42)66-45-25-27-50-49-18-10-12-20-55(49)65(58(50)35-45)59-23-15-16-28-62-59)63-36-64(57-22-14-13-21-56(57)63)60-52(39(5)6)32-43(33-53(60)40(7)8)48-17-9-11-19-54(48)61;/h9-33,36-40H,1-8H3;/q-3;. The number of aromatic nitrogens is 2. The van der Waals surface area contributed by atoms with E-state index in [1.165, 1.54) is 11.1 Å². The summed E-state index contributed by atoms with van der Waals surface area (Å²) in [6, 6.07) is 57.0. The van der Waals surface area contributed by atoms with Crippen LogP contribution in [0, 0.1) is 24.6 Å². The van der Waals surface area contributed by atoms with E-state index in [1.807, 2.05) is 42.6 Å². The van der Waals surface area contributed by atoms with Crippen LogP contribution in [0.5, 0.6) is 11.5 Å². The van der Waals surface area contributed by atoms with Crippen molar-refractivity contribution in [1.29, 1.82) is 0 Å². The number of ether oxygens (including phenoxy) is 1. The molecule has 67 heavy (non-hydrogen) atoms. The zero-order chi connectivity index (χ0) is 45.8. The minimum Gasteiger partial charge on any atom is -0.509 e. The number of hydrogen-bond donors (Lipinski definition) is 0. The van der Waals surface area contributed by atoms with E-state index in [1.54, 1.807) is 12.1 Å². The number of fused-ring (bicyclic) bond motifs is 4. The van der Waals surface area contributed by atoms with Gasteiger partial charge in [0, 0.05) is 66.9 Å². The third-order valence-electron chi connectivity index (χ3n) is 12.9. The molecule has 9 aromatic rings. The van der Waals surface area contributed by atoms with Gasteiger partial charge in [0.15, 0.2) is 0 Å². The van der Waals surface area contributed by atoms with Crippen LogP contribution in [0.4, 0.5) is 27.1 Å². The van der Waals surface area contributed by atoms with Crippen molar-refractivity contribution in [2.24, 2.45) is 0 Å². The van der Waals surface area contributed by atoms with E-state index < -0.39 is 0 Å². The maximum Gasteiger partial charge on any atom is 0.135 e. The molecule has 5 nitrogen and oxygen atoms in total. The van der Waals surface area contributed by atoms with E-state index in [0.29, 0.717) is 23.0 Å². The van der Waals surface area contributed by atoms with Crippen LogP contribution in [0.15, 0.2) is 152 Å². The quantitative estimate of drug-likeness (QED) is 0.121. The molecule has 0 atom stereocenters. The fourth-order valence-electron chi connectivity index (χ4n) is 9.50. The number of anilines is 4. The molecule has 0 saturated heterocycles. The fraction of sp³-hybridized carbons (Fsp3) is 0.200. The van der Waals surface area contributed by atoms with Gasteiger partial charge in [-0.2, -0.15) is 6.07 Å². The van der Waals surface area contributed by atoms with Crippen molar-refractivity contribution in [3.63, 3.8) is 0 Å². The Hall–Kier alpha value is -6.49. The number of para-hydroxylation sites is 3. The third kappa shape index (κ3) is 8.46. The van der Waals surface area contributed by atoms with Gasteiger partial charge in [-0.25, -0.2) is 9.37 Å². The minimum atomic E-state index is -0.222. The Morgan fingerprint density at radius 2 is 1.21 bits per heavy atom. The number of nitrogens with zero attached hydrogens (tertiary/aromatic N) is 4.